The molecule has 1 N–H and O–H groups in total. The zero-order valence-electron chi connectivity index (χ0n) is 18.2. The molecule has 2 aromatic carbocycles. The van der Waals surface area contributed by atoms with Crippen LogP contribution in [0.4, 0.5) is 19.3 Å². The van der Waals surface area contributed by atoms with Crippen molar-refractivity contribution < 1.29 is 23.0 Å². The molecule has 1 fully saturated rings. The molecule has 6 nitrogen and oxygen atoms in total. The van der Waals surface area contributed by atoms with Gasteiger partial charge in [0, 0.05) is 31.7 Å². The van der Waals surface area contributed by atoms with Crippen LogP contribution in [0.15, 0.2) is 36.4 Å². The van der Waals surface area contributed by atoms with E-state index in [-0.39, 0.29) is 17.8 Å². The third kappa shape index (κ3) is 5.85. The number of piperidine rings is 1. The Labute approximate surface area is 181 Å². The molecule has 3 rings (SSSR count). The second-order valence-corrected chi connectivity index (χ2v) is 7.72. The number of likely N-dealkylation sites (tertiary alicyclic amines) is 1. The number of methoxy groups -OCH3 is 2. The highest BCUT2D eigenvalue weighted by Crippen LogP contribution is 2.28. The average molecular weight is 433 g/mol. The molecule has 0 spiro atoms. The summed E-state index contributed by atoms with van der Waals surface area (Å²) in [7, 11) is 5.28. The van der Waals surface area contributed by atoms with Gasteiger partial charge < -0.3 is 24.6 Å². The van der Waals surface area contributed by atoms with E-state index >= 15 is 0 Å². The maximum Gasteiger partial charge on any atom is 0.321 e. The lowest BCUT2D eigenvalue weighted by molar-refractivity contribution is 0.133. The number of halogens is 2. The van der Waals surface area contributed by atoms with Gasteiger partial charge in [0.05, 0.1) is 19.9 Å². The minimum absolute atomic E-state index is 0.0182. The monoisotopic (exact) mass is 433 g/mol. The second kappa shape index (κ2) is 10.4. The van der Waals surface area contributed by atoms with Gasteiger partial charge in [-0.25, -0.2) is 13.6 Å². The Morgan fingerprint density at radius 3 is 2.65 bits per heavy atom. The SMILES string of the molecule is COc1ccc(CCN(C)C2CCCN(C(=O)Nc3ccc(F)cc3F)C2)cc1OC. The van der Waals surface area contributed by atoms with Crippen LogP contribution in [-0.4, -0.2) is 62.8 Å². The number of amides is 2. The molecule has 0 radical (unpaired) electrons. The molecule has 2 amide bonds. The normalized spacial score (nSPS) is 16.3. The first-order valence-corrected chi connectivity index (χ1v) is 10.3. The Kier molecular flexibility index (Phi) is 7.68. The summed E-state index contributed by atoms with van der Waals surface area (Å²) in [5, 5.41) is 2.55. The van der Waals surface area contributed by atoms with Crippen LogP contribution in [-0.2, 0) is 6.42 Å². The number of likely N-dealkylation sites (N-methyl/N-ethyl adjacent to an activating group) is 1. The van der Waals surface area contributed by atoms with E-state index < -0.39 is 11.6 Å². The fourth-order valence-corrected chi connectivity index (χ4v) is 3.81. The number of rotatable bonds is 7. The second-order valence-electron chi connectivity index (χ2n) is 7.72. The molecule has 2 aromatic rings. The minimum atomic E-state index is -0.783. The van der Waals surface area contributed by atoms with Crippen molar-refractivity contribution in [3.63, 3.8) is 0 Å². The zero-order chi connectivity index (χ0) is 22.4. The molecule has 168 valence electrons. The van der Waals surface area contributed by atoms with Crippen LogP contribution >= 0.6 is 0 Å². The van der Waals surface area contributed by atoms with Crippen molar-refractivity contribution in [1.29, 1.82) is 0 Å². The lowest BCUT2D eigenvalue weighted by Crippen LogP contribution is -2.50. The van der Waals surface area contributed by atoms with Gasteiger partial charge in [0.15, 0.2) is 11.5 Å². The molecular formula is C23H29F2N3O3. The van der Waals surface area contributed by atoms with Crippen molar-refractivity contribution in [3.8, 4) is 11.5 Å². The first kappa shape index (κ1) is 22.8. The maximum absolute atomic E-state index is 13.8. The van der Waals surface area contributed by atoms with Gasteiger partial charge in [-0.2, -0.15) is 0 Å². The Hall–Kier alpha value is -2.87. The number of benzene rings is 2. The van der Waals surface area contributed by atoms with Crippen LogP contribution < -0.4 is 14.8 Å². The molecule has 0 bridgehead atoms. The summed E-state index contributed by atoms with van der Waals surface area (Å²) >= 11 is 0. The zero-order valence-corrected chi connectivity index (χ0v) is 18.2. The van der Waals surface area contributed by atoms with Gasteiger partial charge in [-0.1, -0.05) is 6.07 Å². The van der Waals surface area contributed by atoms with Gasteiger partial charge in [-0.15, -0.1) is 0 Å². The van der Waals surface area contributed by atoms with Gasteiger partial charge in [0.2, 0.25) is 0 Å². The highest BCUT2D eigenvalue weighted by atomic mass is 19.1. The number of anilines is 1. The molecule has 0 saturated carbocycles. The first-order chi connectivity index (χ1) is 14.9. The topological polar surface area (TPSA) is 54.0 Å². The summed E-state index contributed by atoms with van der Waals surface area (Å²) in [5.74, 6) is -0.0547. The quantitative estimate of drug-likeness (QED) is 0.713. The molecule has 8 heteroatoms. The standard InChI is InChI=1S/C23H29F2N3O3/c1-27(12-10-16-6-9-21(30-2)22(13-16)31-3)18-5-4-11-28(15-18)23(29)26-20-8-7-17(24)14-19(20)25/h6-9,13-14,18H,4-5,10-12,15H2,1-3H3,(H,26,29). The average Bonchev–Trinajstić information content (AvgIpc) is 2.79. The number of carbonyl (C=O) groups is 1. The van der Waals surface area contributed by atoms with Gasteiger partial charge >= 0.3 is 6.03 Å². The number of hydrogen-bond acceptors (Lipinski definition) is 4. The summed E-state index contributed by atoms with van der Waals surface area (Å²) in [6.45, 7) is 1.98. The number of carbonyl (C=O) groups excluding carboxylic acids is 1. The molecule has 31 heavy (non-hydrogen) atoms. The number of ether oxygens (including phenoxy) is 2. The summed E-state index contributed by atoms with van der Waals surface area (Å²) in [5.41, 5.74) is 1.12. The molecule has 1 atom stereocenters. The van der Waals surface area contributed by atoms with Crippen LogP contribution in [0.25, 0.3) is 0 Å². The largest absolute Gasteiger partial charge is 0.493 e. The fourth-order valence-electron chi connectivity index (χ4n) is 3.81. The van der Waals surface area contributed by atoms with Crippen LogP contribution in [0.2, 0.25) is 0 Å². The van der Waals surface area contributed by atoms with E-state index in [2.05, 4.69) is 10.2 Å². The predicted molar refractivity (Wildman–Crippen MR) is 116 cm³/mol. The number of urea groups is 1. The lowest BCUT2D eigenvalue weighted by atomic mass is 10.0. The molecule has 0 aromatic heterocycles. The van der Waals surface area contributed by atoms with E-state index in [1.807, 2.05) is 25.2 Å². The van der Waals surface area contributed by atoms with Crippen molar-refractivity contribution in [2.24, 2.45) is 0 Å². The summed E-state index contributed by atoms with van der Waals surface area (Å²) in [4.78, 5) is 16.5. The Balaban J connectivity index is 1.55. The maximum atomic E-state index is 13.8. The smallest absolute Gasteiger partial charge is 0.321 e. The highest BCUT2D eigenvalue weighted by molar-refractivity contribution is 5.89. The van der Waals surface area contributed by atoms with Crippen molar-refractivity contribution in [1.82, 2.24) is 9.80 Å². The fraction of sp³-hybridized carbons (Fsp3) is 0.435. The van der Waals surface area contributed by atoms with Crippen molar-refractivity contribution >= 4 is 11.7 Å². The van der Waals surface area contributed by atoms with Crippen LogP contribution in [0.5, 0.6) is 11.5 Å². The van der Waals surface area contributed by atoms with Gasteiger partial charge in [-0.05, 0) is 56.1 Å². The van der Waals surface area contributed by atoms with Crippen molar-refractivity contribution in [2.45, 2.75) is 25.3 Å². The van der Waals surface area contributed by atoms with E-state index in [1.54, 1.807) is 19.1 Å². The van der Waals surface area contributed by atoms with E-state index in [9.17, 15) is 13.6 Å². The molecule has 0 aliphatic carbocycles. The van der Waals surface area contributed by atoms with Crippen molar-refractivity contribution in [2.75, 3.05) is 46.2 Å². The van der Waals surface area contributed by atoms with Crippen LogP contribution in [0.3, 0.4) is 0 Å². The predicted octanol–water partition coefficient (Wildman–Crippen LogP) is 4.15. The van der Waals surface area contributed by atoms with E-state index in [0.717, 1.165) is 43.5 Å². The van der Waals surface area contributed by atoms with E-state index in [0.29, 0.717) is 24.6 Å². The van der Waals surface area contributed by atoms with E-state index in [4.69, 9.17) is 9.47 Å². The number of hydrogen-bond donors (Lipinski definition) is 1. The molecule has 1 aliphatic rings. The third-order valence-electron chi connectivity index (χ3n) is 5.68. The number of nitrogens with zero attached hydrogens (tertiary/aromatic N) is 2. The van der Waals surface area contributed by atoms with Gasteiger partial charge in [0.1, 0.15) is 11.6 Å². The first-order valence-electron chi connectivity index (χ1n) is 10.3. The summed E-state index contributed by atoms with van der Waals surface area (Å²) in [6.07, 6.45) is 2.68. The molecule has 1 heterocycles. The van der Waals surface area contributed by atoms with E-state index in [1.165, 1.54) is 6.07 Å². The lowest BCUT2D eigenvalue weighted by Gasteiger charge is -2.37. The molecule has 1 saturated heterocycles. The van der Waals surface area contributed by atoms with Crippen LogP contribution in [0.1, 0.15) is 18.4 Å². The number of nitrogens with one attached hydrogen (secondary N) is 1. The Morgan fingerprint density at radius 1 is 1.16 bits per heavy atom. The van der Waals surface area contributed by atoms with Gasteiger partial charge in [-0.3, -0.25) is 0 Å². The van der Waals surface area contributed by atoms with Crippen LogP contribution in [0, 0.1) is 11.6 Å². The molecular weight excluding hydrogens is 404 g/mol. The minimum Gasteiger partial charge on any atom is -0.493 e. The molecule has 1 aliphatic heterocycles. The van der Waals surface area contributed by atoms with Crippen molar-refractivity contribution in [3.05, 3.63) is 53.6 Å². The molecule has 1 unspecified atom stereocenters. The Morgan fingerprint density at radius 2 is 1.94 bits per heavy atom. The Bertz CT molecular complexity index is 910. The van der Waals surface area contributed by atoms with Gasteiger partial charge in [0.25, 0.3) is 0 Å². The summed E-state index contributed by atoms with van der Waals surface area (Å²) in [6, 6.07) is 8.85. The summed E-state index contributed by atoms with van der Waals surface area (Å²) < 4.78 is 37.6. The highest BCUT2D eigenvalue weighted by Gasteiger charge is 2.26. The third-order valence-corrected chi connectivity index (χ3v) is 5.68.